The fourth-order valence-corrected chi connectivity index (χ4v) is 2.36. The van der Waals surface area contributed by atoms with Crippen molar-refractivity contribution in [2.45, 2.75) is 39.9 Å². The summed E-state index contributed by atoms with van der Waals surface area (Å²) < 4.78 is 15.6. The molecule has 7 heteroatoms. The molecule has 0 bridgehead atoms. The number of esters is 2. The van der Waals surface area contributed by atoms with Crippen molar-refractivity contribution in [3.8, 4) is 11.5 Å². The van der Waals surface area contributed by atoms with Crippen molar-refractivity contribution in [1.82, 2.24) is 0 Å². The lowest BCUT2D eigenvalue weighted by molar-refractivity contribution is -0.142. The van der Waals surface area contributed by atoms with Gasteiger partial charge in [-0.3, -0.25) is 9.59 Å². The van der Waals surface area contributed by atoms with Crippen molar-refractivity contribution >= 4 is 23.5 Å². The molecule has 0 aliphatic carbocycles. The lowest BCUT2D eigenvalue weighted by Gasteiger charge is -2.14. The van der Waals surface area contributed by atoms with Gasteiger partial charge in [-0.25, -0.2) is 9.59 Å². The van der Waals surface area contributed by atoms with Crippen molar-refractivity contribution in [2.75, 3.05) is 0 Å². The average Bonchev–Trinajstić information content (AvgIpc) is 2.66. The van der Waals surface area contributed by atoms with E-state index >= 15 is 0 Å². The summed E-state index contributed by atoms with van der Waals surface area (Å²) in [5.41, 5.74) is -0.0460. The molecule has 0 saturated carbocycles. The second-order valence-corrected chi connectivity index (χ2v) is 6.66. The van der Waals surface area contributed by atoms with Crippen LogP contribution in [0.15, 0.2) is 48.5 Å². The maximum atomic E-state index is 12.4. The summed E-state index contributed by atoms with van der Waals surface area (Å²) in [5.74, 6) is -3.68. The maximum absolute atomic E-state index is 12.4. The molecule has 0 N–H and O–H groups in total. The van der Waals surface area contributed by atoms with Gasteiger partial charge in [0.1, 0.15) is 11.5 Å². The molecular formula is C22H22O7. The van der Waals surface area contributed by atoms with Crippen molar-refractivity contribution in [2.24, 2.45) is 0 Å². The zero-order chi connectivity index (χ0) is 21.6. The molecule has 0 unspecified atom stereocenters. The topological polar surface area (TPSA) is 96.0 Å². The molecule has 152 valence electrons. The van der Waals surface area contributed by atoms with Gasteiger partial charge in [0.15, 0.2) is 0 Å². The van der Waals surface area contributed by atoms with Crippen LogP contribution in [0, 0.1) is 0 Å². The van der Waals surface area contributed by atoms with Gasteiger partial charge in [-0.15, -0.1) is 0 Å². The minimum Gasteiger partial charge on any atom is -0.457 e. The van der Waals surface area contributed by atoms with E-state index in [-0.39, 0.29) is 22.6 Å². The molecule has 2 aromatic carbocycles. The molecule has 0 heterocycles. The number of ketones is 2. The number of hydrogen-bond donors (Lipinski definition) is 0. The number of carbonyl (C=O) groups is 4. The quantitative estimate of drug-likeness (QED) is 0.380. The Morgan fingerprint density at radius 3 is 1.31 bits per heavy atom. The highest BCUT2D eigenvalue weighted by Crippen LogP contribution is 2.29. The summed E-state index contributed by atoms with van der Waals surface area (Å²) in [6.45, 7) is 6.52. The standard InChI is InChI=1S/C22H22O7/c1-13(2)27-21(25)19(23)15-9-5-7-11-17(15)29-18-12-8-6-10-16(18)20(24)22(26)28-14(3)4/h5-14H,1-4H3. The predicted octanol–water partition coefficient (Wildman–Crippen LogP) is 3.75. The van der Waals surface area contributed by atoms with Crippen LogP contribution < -0.4 is 4.74 Å². The van der Waals surface area contributed by atoms with Crippen LogP contribution in [-0.4, -0.2) is 35.7 Å². The summed E-state index contributed by atoms with van der Waals surface area (Å²) >= 11 is 0. The summed E-state index contributed by atoms with van der Waals surface area (Å²) in [4.78, 5) is 48.9. The fourth-order valence-electron chi connectivity index (χ4n) is 2.36. The van der Waals surface area contributed by atoms with Crippen molar-refractivity contribution in [3.63, 3.8) is 0 Å². The highest BCUT2D eigenvalue weighted by molar-refractivity contribution is 6.42. The van der Waals surface area contributed by atoms with Gasteiger partial charge >= 0.3 is 11.9 Å². The number of hydrogen-bond acceptors (Lipinski definition) is 7. The third kappa shape index (κ3) is 5.75. The predicted molar refractivity (Wildman–Crippen MR) is 104 cm³/mol. The van der Waals surface area contributed by atoms with Crippen molar-refractivity contribution in [1.29, 1.82) is 0 Å². The van der Waals surface area contributed by atoms with Crippen LogP contribution in [0.1, 0.15) is 48.4 Å². The Kier molecular flexibility index (Phi) is 7.25. The number of Topliss-reactive ketones (excluding diaryl/α,β-unsaturated/α-hetero) is 2. The van der Waals surface area contributed by atoms with Crippen molar-refractivity contribution < 1.29 is 33.4 Å². The van der Waals surface area contributed by atoms with Gasteiger partial charge in [0, 0.05) is 0 Å². The maximum Gasteiger partial charge on any atom is 0.380 e. The first-order chi connectivity index (χ1) is 13.7. The first-order valence-electron chi connectivity index (χ1n) is 9.07. The molecule has 0 aliphatic heterocycles. The smallest absolute Gasteiger partial charge is 0.380 e. The Balaban J connectivity index is 2.35. The molecule has 29 heavy (non-hydrogen) atoms. The number of para-hydroxylation sites is 2. The molecule has 2 rings (SSSR count). The molecule has 7 nitrogen and oxygen atoms in total. The van der Waals surface area contributed by atoms with Crippen LogP contribution in [0.5, 0.6) is 11.5 Å². The van der Waals surface area contributed by atoms with Crippen LogP contribution in [0.25, 0.3) is 0 Å². The lowest BCUT2D eigenvalue weighted by atomic mass is 10.1. The fraction of sp³-hybridized carbons (Fsp3) is 0.273. The minimum absolute atomic E-state index is 0.0230. The van der Waals surface area contributed by atoms with E-state index in [0.29, 0.717) is 0 Å². The highest BCUT2D eigenvalue weighted by Gasteiger charge is 2.26. The minimum atomic E-state index is -1.01. The Hall–Kier alpha value is -3.48. The summed E-state index contributed by atoms with van der Waals surface area (Å²) in [5, 5.41) is 0. The van der Waals surface area contributed by atoms with E-state index in [4.69, 9.17) is 14.2 Å². The SMILES string of the molecule is CC(C)OC(=O)C(=O)c1ccccc1Oc1ccccc1C(=O)C(=O)OC(C)C. The molecule has 0 saturated heterocycles. The average molecular weight is 398 g/mol. The first-order valence-corrected chi connectivity index (χ1v) is 9.07. The molecule has 0 fully saturated rings. The van der Waals surface area contributed by atoms with E-state index in [9.17, 15) is 19.2 Å². The summed E-state index contributed by atoms with van der Waals surface area (Å²) in [6, 6.07) is 12.1. The lowest BCUT2D eigenvalue weighted by Crippen LogP contribution is -2.22. The van der Waals surface area contributed by atoms with Gasteiger partial charge in [-0.1, -0.05) is 24.3 Å². The third-order valence-corrected chi connectivity index (χ3v) is 3.54. The van der Waals surface area contributed by atoms with Gasteiger partial charge in [-0.2, -0.15) is 0 Å². The molecule has 0 aromatic heterocycles. The van der Waals surface area contributed by atoms with E-state index in [1.54, 1.807) is 52.0 Å². The summed E-state index contributed by atoms with van der Waals surface area (Å²) in [7, 11) is 0. The van der Waals surface area contributed by atoms with Crippen LogP contribution in [0.3, 0.4) is 0 Å². The van der Waals surface area contributed by atoms with Gasteiger partial charge in [-0.05, 0) is 52.0 Å². The number of rotatable bonds is 8. The van der Waals surface area contributed by atoms with Crippen molar-refractivity contribution in [3.05, 3.63) is 59.7 Å². The number of carbonyl (C=O) groups excluding carboxylic acids is 4. The molecule has 2 aromatic rings. The molecule has 0 amide bonds. The molecule has 0 radical (unpaired) electrons. The van der Waals surface area contributed by atoms with Gasteiger partial charge in [0.2, 0.25) is 0 Å². The van der Waals surface area contributed by atoms with E-state index in [1.807, 2.05) is 0 Å². The Bertz CT molecular complexity index is 853. The van der Waals surface area contributed by atoms with E-state index in [2.05, 4.69) is 0 Å². The van der Waals surface area contributed by atoms with Crippen LogP contribution in [-0.2, 0) is 19.1 Å². The van der Waals surface area contributed by atoms with Gasteiger partial charge in [0.05, 0.1) is 23.3 Å². The van der Waals surface area contributed by atoms with Gasteiger partial charge < -0.3 is 14.2 Å². The third-order valence-electron chi connectivity index (χ3n) is 3.54. The van der Waals surface area contributed by atoms with Crippen LogP contribution in [0.2, 0.25) is 0 Å². The van der Waals surface area contributed by atoms with E-state index in [0.717, 1.165) is 0 Å². The molecule has 0 aliphatic rings. The monoisotopic (exact) mass is 398 g/mol. The Morgan fingerprint density at radius 1 is 0.621 bits per heavy atom. The van der Waals surface area contributed by atoms with Gasteiger partial charge in [0.25, 0.3) is 11.6 Å². The van der Waals surface area contributed by atoms with Crippen LogP contribution in [0.4, 0.5) is 0 Å². The second-order valence-electron chi connectivity index (χ2n) is 6.66. The molecule has 0 atom stereocenters. The number of ether oxygens (including phenoxy) is 3. The Labute approximate surface area is 168 Å². The molecule has 0 spiro atoms. The highest BCUT2D eigenvalue weighted by atomic mass is 16.6. The molecular weight excluding hydrogens is 376 g/mol. The number of benzene rings is 2. The largest absolute Gasteiger partial charge is 0.457 e. The zero-order valence-electron chi connectivity index (χ0n) is 16.6. The Morgan fingerprint density at radius 2 is 0.966 bits per heavy atom. The normalized spacial score (nSPS) is 10.6. The van der Waals surface area contributed by atoms with Crippen LogP contribution >= 0.6 is 0 Å². The van der Waals surface area contributed by atoms with E-state index < -0.39 is 35.7 Å². The zero-order valence-corrected chi connectivity index (χ0v) is 16.6. The second kappa shape index (κ2) is 9.64. The van der Waals surface area contributed by atoms with E-state index in [1.165, 1.54) is 24.3 Å². The summed E-state index contributed by atoms with van der Waals surface area (Å²) in [6.07, 6.45) is -0.908. The first kappa shape index (κ1) is 21.8.